The number of ether oxygens (including phenoxy) is 1. The van der Waals surface area contributed by atoms with Crippen molar-refractivity contribution < 1.29 is 23.1 Å². The highest BCUT2D eigenvalue weighted by Crippen LogP contribution is 2.19. The Bertz CT molecular complexity index is 571. The monoisotopic (exact) mass is 312 g/mol. The van der Waals surface area contributed by atoms with Gasteiger partial charge in [-0.2, -0.15) is 0 Å². The van der Waals surface area contributed by atoms with E-state index < -0.39 is 15.8 Å². The molecule has 0 amide bonds. The van der Waals surface area contributed by atoms with E-state index in [1.807, 2.05) is 0 Å². The summed E-state index contributed by atoms with van der Waals surface area (Å²) in [5.41, 5.74) is 0.598. The molecule has 5 nitrogen and oxygen atoms in total. The molecule has 0 bridgehead atoms. The van der Waals surface area contributed by atoms with Crippen LogP contribution in [-0.4, -0.2) is 38.0 Å². The van der Waals surface area contributed by atoms with E-state index in [-0.39, 0.29) is 23.2 Å². The van der Waals surface area contributed by atoms with Gasteiger partial charge in [0.05, 0.1) is 23.2 Å². The van der Waals surface area contributed by atoms with E-state index in [1.165, 1.54) is 12.1 Å². The summed E-state index contributed by atoms with van der Waals surface area (Å²) in [4.78, 5) is 10.8. The lowest BCUT2D eigenvalue weighted by Gasteiger charge is -2.09. The Morgan fingerprint density at radius 1 is 1.29 bits per heavy atom. The zero-order chi connectivity index (χ0) is 15.3. The standard InChI is InChI=1S/C15H20O5S/c16-15(17)11-12-5-7-14(8-6-12)21(18,19)10-2-4-13-3-1-9-20-13/h5-8,13H,1-4,9-11H2,(H,16,17). The summed E-state index contributed by atoms with van der Waals surface area (Å²) >= 11 is 0. The number of benzene rings is 1. The van der Waals surface area contributed by atoms with Crippen LogP contribution in [0.2, 0.25) is 0 Å². The number of carboxylic acid groups (broad SMARTS) is 1. The van der Waals surface area contributed by atoms with E-state index >= 15 is 0 Å². The molecule has 1 atom stereocenters. The van der Waals surface area contributed by atoms with E-state index in [1.54, 1.807) is 12.1 Å². The van der Waals surface area contributed by atoms with Gasteiger partial charge in [-0.15, -0.1) is 0 Å². The first-order valence-electron chi connectivity index (χ1n) is 7.12. The first-order chi connectivity index (χ1) is 9.97. The molecule has 1 aliphatic rings. The summed E-state index contributed by atoms with van der Waals surface area (Å²) in [6.07, 6.45) is 3.55. The third-order valence-corrected chi connectivity index (χ3v) is 5.42. The highest BCUT2D eigenvalue weighted by atomic mass is 32.2. The fourth-order valence-electron chi connectivity index (χ4n) is 2.48. The van der Waals surface area contributed by atoms with Crippen LogP contribution < -0.4 is 0 Å². The fraction of sp³-hybridized carbons (Fsp3) is 0.533. The van der Waals surface area contributed by atoms with Crippen molar-refractivity contribution in [2.45, 2.75) is 43.1 Å². The molecule has 0 spiro atoms. The minimum Gasteiger partial charge on any atom is -0.481 e. The zero-order valence-corrected chi connectivity index (χ0v) is 12.6. The second kappa shape index (κ2) is 7.04. The number of carbonyl (C=O) groups is 1. The molecule has 1 aliphatic heterocycles. The molecule has 1 N–H and O–H groups in total. The smallest absolute Gasteiger partial charge is 0.307 e. The van der Waals surface area contributed by atoms with Gasteiger partial charge < -0.3 is 9.84 Å². The molecular formula is C15H20O5S. The van der Waals surface area contributed by atoms with Gasteiger partial charge in [-0.05, 0) is 43.4 Å². The molecule has 1 saturated heterocycles. The largest absolute Gasteiger partial charge is 0.481 e. The van der Waals surface area contributed by atoms with E-state index in [4.69, 9.17) is 9.84 Å². The topological polar surface area (TPSA) is 80.7 Å². The Hall–Kier alpha value is -1.40. The highest BCUT2D eigenvalue weighted by molar-refractivity contribution is 7.91. The quantitative estimate of drug-likeness (QED) is 0.833. The lowest BCUT2D eigenvalue weighted by atomic mass is 10.1. The molecule has 1 unspecified atom stereocenters. The molecule has 0 aliphatic carbocycles. The number of carboxylic acids is 1. The van der Waals surface area contributed by atoms with Gasteiger partial charge in [-0.25, -0.2) is 8.42 Å². The van der Waals surface area contributed by atoms with Crippen LogP contribution >= 0.6 is 0 Å². The molecule has 21 heavy (non-hydrogen) atoms. The van der Waals surface area contributed by atoms with Gasteiger partial charge in [0.15, 0.2) is 9.84 Å². The van der Waals surface area contributed by atoms with Gasteiger partial charge in [0.1, 0.15) is 0 Å². The van der Waals surface area contributed by atoms with Crippen LogP contribution in [0.25, 0.3) is 0 Å². The molecule has 1 aromatic carbocycles. The fourth-order valence-corrected chi connectivity index (χ4v) is 3.81. The van der Waals surface area contributed by atoms with E-state index in [0.29, 0.717) is 12.0 Å². The summed E-state index contributed by atoms with van der Waals surface area (Å²) in [7, 11) is -3.30. The van der Waals surface area contributed by atoms with Crippen molar-refractivity contribution in [2.75, 3.05) is 12.4 Å². The van der Waals surface area contributed by atoms with Crippen LogP contribution in [0.5, 0.6) is 0 Å². The summed E-state index contributed by atoms with van der Waals surface area (Å²) < 4.78 is 29.8. The van der Waals surface area contributed by atoms with E-state index in [2.05, 4.69) is 0 Å². The predicted octanol–water partition coefficient (Wildman–Crippen LogP) is 2.05. The molecular weight excluding hydrogens is 292 g/mol. The highest BCUT2D eigenvalue weighted by Gasteiger charge is 2.18. The summed E-state index contributed by atoms with van der Waals surface area (Å²) in [6, 6.07) is 6.08. The van der Waals surface area contributed by atoms with Crippen molar-refractivity contribution in [2.24, 2.45) is 0 Å². The van der Waals surface area contributed by atoms with Crippen LogP contribution in [0, 0.1) is 0 Å². The lowest BCUT2D eigenvalue weighted by molar-refractivity contribution is -0.136. The van der Waals surface area contributed by atoms with Crippen LogP contribution in [0.3, 0.4) is 0 Å². The number of aliphatic carboxylic acids is 1. The summed E-state index contributed by atoms with van der Waals surface area (Å²) in [5, 5.41) is 8.69. The van der Waals surface area contributed by atoms with Gasteiger partial charge in [0.25, 0.3) is 0 Å². The second-order valence-electron chi connectivity index (χ2n) is 5.31. The van der Waals surface area contributed by atoms with Gasteiger partial charge in [0, 0.05) is 6.61 Å². The van der Waals surface area contributed by atoms with E-state index in [0.717, 1.165) is 25.9 Å². The Morgan fingerprint density at radius 2 is 2.00 bits per heavy atom. The molecule has 0 radical (unpaired) electrons. The van der Waals surface area contributed by atoms with Gasteiger partial charge in [0.2, 0.25) is 0 Å². The first-order valence-corrected chi connectivity index (χ1v) is 8.78. The number of hydrogen-bond acceptors (Lipinski definition) is 4. The predicted molar refractivity (Wildman–Crippen MR) is 78.0 cm³/mol. The maximum atomic E-state index is 12.2. The Balaban J connectivity index is 1.90. The van der Waals surface area contributed by atoms with Crippen LogP contribution in [0.4, 0.5) is 0 Å². The third kappa shape index (κ3) is 4.82. The van der Waals surface area contributed by atoms with Crippen molar-refractivity contribution in [1.82, 2.24) is 0 Å². The van der Waals surface area contributed by atoms with Crippen LogP contribution in [0.15, 0.2) is 29.2 Å². The average Bonchev–Trinajstić information content (AvgIpc) is 2.91. The van der Waals surface area contributed by atoms with Crippen LogP contribution in [-0.2, 0) is 25.8 Å². The molecule has 6 heteroatoms. The molecule has 2 rings (SSSR count). The second-order valence-corrected chi connectivity index (χ2v) is 7.42. The molecule has 1 heterocycles. The Labute approximate surface area is 124 Å². The third-order valence-electron chi connectivity index (χ3n) is 3.60. The summed E-state index contributed by atoms with van der Waals surface area (Å²) in [6.45, 7) is 0.780. The van der Waals surface area contributed by atoms with Crippen molar-refractivity contribution in [3.63, 3.8) is 0 Å². The number of hydrogen-bond donors (Lipinski definition) is 1. The van der Waals surface area contributed by atoms with Gasteiger partial charge in [-0.1, -0.05) is 12.1 Å². The normalized spacial score (nSPS) is 18.8. The molecule has 1 aromatic rings. The lowest BCUT2D eigenvalue weighted by Crippen LogP contribution is -2.11. The first kappa shape index (κ1) is 16.0. The number of rotatable bonds is 7. The zero-order valence-electron chi connectivity index (χ0n) is 11.8. The van der Waals surface area contributed by atoms with Crippen molar-refractivity contribution in [3.8, 4) is 0 Å². The van der Waals surface area contributed by atoms with Crippen LogP contribution in [0.1, 0.15) is 31.2 Å². The minimum absolute atomic E-state index is 0.0979. The molecule has 1 fully saturated rings. The summed E-state index contributed by atoms with van der Waals surface area (Å²) in [5.74, 6) is -0.826. The average molecular weight is 312 g/mol. The Morgan fingerprint density at radius 3 is 2.57 bits per heavy atom. The van der Waals surface area contributed by atoms with Gasteiger partial charge >= 0.3 is 5.97 Å². The molecule has 116 valence electrons. The van der Waals surface area contributed by atoms with Gasteiger partial charge in [-0.3, -0.25) is 4.79 Å². The maximum Gasteiger partial charge on any atom is 0.307 e. The number of sulfone groups is 1. The minimum atomic E-state index is -3.30. The van der Waals surface area contributed by atoms with Crippen molar-refractivity contribution in [3.05, 3.63) is 29.8 Å². The molecule has 0 aromatic heterocycles. The van der Waals surface area contributed by atoms with Crippen molar-refractivity contribution in [1.29, 1.82) is 0 Å². The molecule has 0 saturated carbocycles. The SMILES string of the molecule is O=C(O)Cc1ccc(S(=O)(=O)CCCC2CCCO2)cc1. The van der Waals surface area contributed by atoms with Crippen molar-refractivity contribution >= 4 is 15.8 Å². The Kier molecular flexibility index (Phi) is 5.36. The van der Waals surface area contributed by atoms with E-state index in [9.17, 15) is 13.2 Å². The maximum absolute atomic E-state index is 12.2.